The number of hydrogen-bond acceptors (Lipinski definition) is 4. The van der Waals surface area contributed by atoms with Crippen LogP contribution in [0.4, 0.5) is 4.39 Å². The van der Waals surface area contributed by atoms with Crippen molar-refractivity contribution >= 4 is 22.8 Å². The average molecular weight is 316 g/mol. The summed E-state index contributed by atoms with van der Waals surface area (Å²) in [5.74, 6) is -0.102. The van der Waals surface area contributed by atoms with Gasteiger partial charge in [-0.1, -0.05) is 0 Å². The second-order valence-electron chi connectivity index (χ2n) is 6.33. The molecule has 1 aromatic carbocycles. The Morgan fingerprint density at radius 2 is 2.04 bits per heavy atom. The molecule has 1 fully saturated rings. The zero-order valence-corrected chi connectivity index (χ0v) is 13.0. The lowest BCUT2D eigenvalue weighted by molar-refractivity contribution is -0.191. The number of H-pyrrole nitrogens is 1. The van der Waals surface area contributed by atoms with Crippen LogP contribution >= 0.6 is 0 Å². The first-order chi connectivity index (χ1) is 10.9. The standard InChI is InChI=1S/C16H17FN2O.CO2/c1-9-6-10(17)7-11-13(9)14-12(20)8-19-5-3-4-16(19,2)15(14)18-11;2-1-3/h6-7,18H,3-5,8H2,1-2H3;/t16-;/m1./s1. The molecule has 2 aliphatic rings. The van der Waals surface area contributed by atoms with Crippen LogP contribution in [0, 0.1) is 12.7 Å². The number of rotatable bonds is 0. The molecule has 0 saturated carbocycles. The molecular formula is C17H17FN2O3. The van der Waals surface area contributed by atoms with E-state index in [1.54, 1.807) is 0 Å². The summed E-state index contributed by atoms with van der Waals surface area (Å²) in [6, 6.07) is 3.00. The number of benzene rings is 1. The van der Waals surface area contributed by atoms with Crippen molar-refractivity contribution in [2.24, 2.45) is 0 Å². The topological polar surface area (TPSA) is 70.2 Å². The van der Waals surface area contributed by atoms with Crippen LogP contribution in [0.15, 0.2) is 12.1 Å². The lowest BCUT2D eigenvalue weighted by Gasteiger charge is -2.38. The molecule has 0 spiro atoms. The number of ketones is 1. The number of carbonyl (C=O) groups is 1. The third kappa shape index (κ3) is 2.22. The highest BCUT2D eigenvalue weighted by molar-refractivity contribution is 6.12. The number of aromatic nitrogens is 1. The molecule has 5 nitrogen and oxygen atoms in total. The summed E-state index contributed by atoms with van der Waals surface area (Å²) < 4.78 is 13.6. The number of nitrogens with zero attached hydrogens (tertiary/aromatic N) is 1. The van der Waals surface area contributed by atoms with Gasteiger partial charge in [-0.25, -0.2) is 4.39 Å². The number of aryl methyl sites for hydroxylation is 1. The largest absolute Gasteiger partial charge is 0.373 e. The maximum absolute atomic E-state index is 13.6. The van der Waals surface area contributed by atoms with Crippen molar-refractivity contribution in [1.82, 2.24) is 9.88 Å². The third-order valence-corrected chi connectivity index (χ3v) is 5.00. The summed E-state index contributed by atoms with van der Waals surface area (Å²) in [5.41, 5.74) is 3.25. The van der Waals surface area contributed by atoms with Crippen LogP contribution in [0.1, 0.15) is 41.4 Å². The van der Waals surface area contributed by atoms with Gasteiger partial charge in [-0.3, -0.25) is 9.69 Å². The van der Waals surface area contributed by atoms with E-state index in [2.05, 4.69) is 16.8 Å². The molecule has 1 aromatic heterocycles. The number of aromatic amines is 1. The van der Waals surface area contributed by atoms with Gasteiger partial charge in [0, 0.05) is 22.2 Å². The number of fused-ring (bicyclic) bond motifs is 5. The van der Waals surface area contributed by atoms with Gasteiger partial charge in [-0.2, -0.15) is 9.59 Å². The van der Waals surface area contributed by atoms with Crippen LogP contribution in [0.3, 0.4) is 0 Å². The molecule has 1 saturated heterocycles. The molecule has 0 amide bonds. The number of carbonyl (C=O) groups excluding carboxylic acids is 3. The van der Waals surface area contributed by atoms with Crippen molar-refractivity contribution < 1.29 is 18.8 Å². The fraction of sp³-hybridized carbons (Fsp3) is 0.412. The van der Waals surface area contributed by atoms with Crippen LogP contribution < -0.4 is 0 Å². The summed E-state index contributed by atoms with van der Waals surface area (Å²) in [7, 11) is 0. The van der Waals surface area contributed by atoms with Gasteiger partial charge < -0.3 is 4.98 Å². The minimum Gasteiger partial charge on any atom is -0.356 e. The highest BCUT2D eigenvalue weighted by Crippen LogP contribution is 2.45. The molecule has 4 rings (SSSR count). The number of Topliss-reactive ketones (excluding diaryl/α,β-unsaturated/α-hetero) is 1. The summed E-state index contributed by atoms with van der Waals surface area (Å²) >= 11 is 0. The first kappa shape index (κ1) is 15.6. The number of hydrogen-bond donors (Lipinski definition) is 1. The van der Waals surface area contributed by atoms with Crippen molar-refractivity contribution in [1.29, 1.82) is 0 Å². The summed E-state index contributed by atoms with van der Waals surface area (Å²) in [6.45, 7) is 5.50. The second kappa shape index (κ2) is 5.41. The fourth-order valence-electron chi connectivity index (χ4n) is 3.99. The Bertz CT molecular complexity index is 836. The molecule has 23 heavy (non-hydrogen) atoms. The molecule has 3 heterocycles. The van der Waals surface area contributed by atoms with Gasteiger partial charge in [0.2, 0.25) is 0 Å². The normalized spacial score (nSPS) is 23.0. The zero-order chi connectivity index (χ0) is 16.8. The van der Waals surface area contributed by atoms with Crippen molar-refractivity contribution in [2.75, 3.05) is 13.1 Å². The lowest BCUT2D eigenvalue weighted by Crippen LogP contribution is -2.46. The minimum absolute atomic E-state index is 0.106. The Hall–Kier alpha value is -2.30. The maximum atomic E-state index is 13.6. The summed E-state index contributed by atoms with van der Waals surface area (Å²) in [6.07, 6.45) is 2.40. The van der Waals surface area contributed by atoms with Crippen LogP contribution in [-0.4, -0.2) is 34.9 Å². The third-order valence-electron chi connectivity index (χ3n) is 5.00. The first-order valence-electron chi connectivity index (χ1n) is 7.52. The van der Waals surface area contributed by atoms with Gasteiger partial charge in [0.25, 0.3) is 0 Å². The maximum Gasteiger partial charge on any atom is 0.373 e. The Morgan fingerprint density at radius 3 is 2.74 bits per heavy atom. The smallest absolute Gasteiger partial charge is 0.356 e. The van der Waals surface area contributed by atoms with E-state index in [0.717, 1.165) is 47.1 Å². The number of halogens is 1. The van der Waals surface area contributed by atoms with Crippen LogP contribution in [0.25, 0.3) is 10.9 Å². The van der Waals surface area contributed by atoms with Gasteiger partial charge in [0.1, 0.15) is 5.82 Å². The molecule has 2 aromatic rings. The van der Waals surface area contributed by atoms with Crippen LogP contribution in [0.5, 0.6) is 0 Å². The fourth-order valence-corrected chi connectivity index (χ4v) is 3.99. The van der Waals surface area contributed by atoms with E-state index in [0.29, 0.717) is 6.54 Å². The molecule has 120 valence electrons. The van der Waals surface area contributed by atoms with E-state index in [1.807, 2.05) is 6.92 Å². The minimum atomic E-state index is -0.255. The van der Waals surface area contributed by atoms with Gasteiger partial charge in [0.15, 0.2) is 5.78 Å². The summed E-state index contributed by atoms with van der Waals surface area (Å²) in [5, 5.41) is 0.902. The van der Waals surface area contributed by atoms with Crippen molar-refractivity contribution in [2.45, 2.75) is 32.2 Å². The zero-order valence-electron chi connectivity index (χ0n) is 13.0. The van der Waals surface area contributed by atoms with E-state index in [4.69, 9.17) is 9.59 Å². The Kier molecular flexibility index (Phi) is 3.66. The Balaban J connectivity index is 0.000000485. The van der Waals surface area contributed by atoms with Crippen LogP contribution in [0.2, 0.25) is 0 Å². The lowest BCUT2D eigenvalue weighted by atomic mass is 9.85. The van der Waals surface area contributed by atoms with E-state index < -0.39 is 0 Å². The molecule has 2 aliphatic heterocycles. The molecule has 6 heteroatoms. The van der Waals surface area contributed by atoms with E-state index in [9.17, 15) is 9.18 Å². The molecule has 0 unspecified atom stereocenters. The monoisotopic (exact) mass is 316 g/mol. The van der Waals surface area contributed by atoms with Gasteiger partial charge >= 0.3 is 6.15 Å². The quantitative estimate of drug-likeness (QED) is 0.811. The Morgan fingerprint density at radius 1 is 1.35 bits per heavy atom. The molecule has 0 radical (unpaired) electrons. The predicted molar refractivity (Wildman–Crippen MR) is 80.5 cm³/mol. The van der Waals surface area contributed by atoms with Crippen molar-refractivity contribution in [3.05, 3.63) is 34.8 Å². The van der Waals surface area contributed by atoms with E-state index >= 15 is 0 Å². The molecule has 1 N–H and O–H groups in total. The first-order valence-corrected chi connectivity index (χ1v) is 7.52. The SMILES string of the molecule is Cc1cc(F)cc2[nH]c3c(c12)C(=O)CN1CCC[C@]31C.O=C=O. The molecular weight excluding hydrogens is 299 g/mol. The highest BCUT2D eigenvalue weighted by Gasteiger charge is 2.46. The predicted octanol–water partition coefficient (Wildman–Crippen LogP) is 2.54. The molecule has 0 bridgehead atoms. The second-order valence-corrected chi connectivity index (χ2v) is 6.33. The van der Waals surface area contributed by atoms with E-state index in [-0.39, 0.29) is 23.3 Å². The van der Waals surface area contributed by atoms with E-state index in [1.165, 1.54) is 12.1 Å². The van der Waals surface area contributed by atoms with Crippen LogP contribution in [-0.2, 0) is 15.1 Å². The van der Waals surface area contributed by atoms with Crippen molar-refractivity contribution in [3.8, 4) is 0 Å². The number of nitrogens with one attached hydrogen (secondary N) is 1. The van der Waals surface area contributed by atoms with Gasteiger partial charge in [-0.15, -0.1) is 0 Å². The highest BCUT2D eigenvalue weighted by atomic mass is 19.1. The van der Waals surface area contributed by atoms with Crippen molar-refractivity contribution in [3.63, 3.8) is 0 Å². The molecule has 0 aliphatic carbocycles. The molecule has 1 atom stereocenters. The average Bonchev–Trinajstić information content (AvgIpc) is 3.02. The van der Waals surface area contributed by atoms with Gasteiger partial charge in [0.05, 0.1) is 12.1 Å². The Labute approximate surface area is 132 Å². The summed E-state index contributed by atoms with van der Waals surface area (Å²) in [4.78, 5) is 34.4. The van der Waals surface area contributed by atoms with Gasteiger partial charge in [-0.05, 0) is 50.9 Å².